The van der Waals surface area contributed by atoms with E-state index in [2.05, 4.69) is 50.4 Å². The molecule has 0 saturated heterocycles. The van der Waals surface area contributed by atoms with Crippen molar-refractivity contribution in [1.29, 1.82) is 0 Å². The van der Waals surface area contributed by atoms with Crippen molar-refractivity contribution >= 4 is 27.7 Å². The van der Waals surface area contributed by atoms with Gasteiger partial charge in [-0.25, -0.2) is 4.98 Å². The van der Waals surface area contributed by atoms with Crippen LogP contribution in [-0.4, -0.2) is 36.3 Å². The van der Waals surface area contributed by atoms with Gasteiger partial charge in [-0.3, -0.25) is 0 Å². The van der Waals surface area contributed by atoms with Gasteiger partial charge in [-0.1, -0.05) is 13.8 Å². The van der Waals surface area contributed by atoms with Gasteiger partial charge in [0.05, 0.1) is 11.1 Å². The molecule has 108 valence electrons. The van der Waals surface area contributed by atoms with Crippen LogP contribution in [0.15, 0.2) is 10.7 Å². The van der Waals surface area contributed by atoms with Crippen molar-refractivity contribution in [3.8, 4) is 0 Å². The summed E-state index contributed by atoms with van der Waals surface area (Å²) >= 11 is 3.43. The molecule has 2 N–H and O–H groups in total. The molecule has 19 heavy (non-hydrogen) atoms. The van der Waals surface area contributed by atoms with Crippen LogP contribution < -0.4 is 10.6 Å². The molecule has 0 atom stereocenters. The van der Waals surface area contributed by atoms with Gasteiger partial charge >= 0.3 is 0 Å². The molecule has 0 fully saturated rings. The molecule has 0 radical (unpaired) electrons. The highest BCUT2D eigenvalue weighted by molar-refractivity contribution is 9.10. The van der Waals surface area contributed by atoms with Crippen LogP contribution >= 0.6 is 15.9 Å². The van der Waals surface area contributed by atoms with Crippen LogP contribution in [-0.2, 0) is 4.74 Å². The van der Waals surface area contributed by atoms with E-state index in [1.807, 2.05) is 6.92 Å². The quantitative estimate of drug-likeness (QED) is 0.681. The zero-order valence-corrected chi connectivity index (χ0v) is 13.5. The predicted molar refractivity (Wildman–Crippen MR) is 82.7 cm³/mol. The lowest BCUT2D eigenvalue weighted by Gasteiger charge is -2.10. The van der Waals surface area contributed by atoms with Crippen LogP contribution in [0, 0.1) is 5.92 Å². The molecule has 5 nitrogen and oxygen atoms in total. The molecule has 0 bridgehead atoms. The Bertz CT molecular complexity index is 374. The molecule has 0 aromatic carbocycles. The minimum absolute atomic E-state index is 0.633. The first-order chi connectivity index (χ1) is 9.13. The summed E-state index contributed by atoms with van der Waals surface area (Å²) in [6, 6.07) is 0. The molecule has 1 heterocycles. The van der Waals surface area contributed by atoms with E-state index in [1.54, 1.807) is 6.20 Å². The molecule has 0 aliphatic rings. The molecule has 0 amide bonds. The Balaban J connectivity index is 2.30. The summed E-state index contributed by atoms with van der Waals surface area (Å²) in [6.45, 7) is 9.44. The largest absolute Gasteiger partial charge is 0.380 e. The third kappa shape index (κ3) is 6.73. The van der Waals surface area contributed by atoms with E-state index in [9.17, 15) is 0 Å². The number of nitrogens with one attached hydrogen (secondary N) is 2. The minimum Gasteiger partial charge on any atom is -0.380 e. The lowest BCUT2D eigenvalue weighted by atomic mass is 10.1. The van der Waals surface area contributed by atoms with Gasteiger partial charge in [0.15, 0.2) is 0 Å². The Morgan fingerprint density at radius 3 is 2.79 bits per heavy atom. The summed E-state index contributed by atoms with van der Waals surface area (Å²) in [6.07, 6.45) is 2.84. The Labute approximate surface area is 123 Å². The summed E-state index contributed by atoms with van der Waals surface area (Å²) in [4.78, 5) is 8.54. The Morgan fingerprint density at radius 1 is 1.32 bits per heavy atom. The minimum atomic E-state index is 0.633. The first-order valence-electron chi connectivity index (χ1n) is 6.71. The average molecular weight is 331 g/mol. The normalized spacial score (nSPS) is 10.8. The molecule has 1 aromatic heterocycles. The van der Waals surface area contributed by atoms with Gasteiger partial charge in [0.2, 0.25) is 5.95 Å². The molecule has 0 aliphatic carbocycles. The fraction of sp³-hybridized carbons (Fsp3) is 0.692. The van der Waals surface area contributed by atoms with Gasteiger partial charge in [-0.2, -0.15) is 4.98 Å². The van der Waals surface area contributed by atoms with Crippen molar-refractivity contribution in [1.82, 2.24) is 9.97 Å². The van der Waals surface area contributed by atoms with E-state index < -0.39 is 0 Å². The maximum absolute atomic E-state index is 5.55. The van der Waals surface area contributed by atoms with Gasteiger partial charge in [0.1, 0.15) is 5.82 Å². The molecule has 1 rings (SSSR count). The maximum atomic E-state index is 5.55. The smallest absolute Gasteiger partial charge is 0.224 e. The lowest BCUT2D eigenvalue weighted by Crippen LogP contribution is -2.13. The fourth-order valence-corrected chi connectivity index (χ4v) is 1.73. The van der Waals surface area contributed by atoms with Crippen molar-refractivity contribution in [2.24, 2.45) is 5.92 Å². The Morgan fingerprint density at radius 2 is 2.11 bits per heavy atom. The summed E-state index contributed by atoms with van der Waals surface area (Å²) in [5, 5.41) is 6.32. The second kappa shape index (κ2) is 9.09. The van der Waals surface area contributed by atoms with Gasteiger partial charge in [0.25, 0.3) is 0 Å². The third-order valence-corrected chi connectivity index (χ3v) is 3.04. The number of aromatic nitrogens is 2. The van der Waals surface area contributed by atoms with Gasteiger partial charge in [-0.15, -0.1) is 0 Å². The van der Waals surface area contributed by atoms with Crippen LogP contribution in [0.2, 0.25) is 0 Å². The maximum Gasteiger partial charge on any atom is 0.224 e. The van der Waals surface area contributed by atoms with E-state index in [0.29, 0.717) is 18.5 Å². The summed E-state index contributed by atoms with van der Waals surface area (Å²) < 4.78 is 6.40. The number of ether oxygens (including phenoxy) is 1. The van der Waals surface area contributed by atoms with Crippen molar-refractivity contribution in [3.05, 3.63) is 10.7 Å². The topological polar surface area (TPSA) is 59.1 Å². The van der Waals surface area contributed by atoms with E-state index in [0.717, 1.165) is 36.4 Å². The van der Waals surface area contributed by atoms with Gasteiger partial charge < -0.3 is 15.4 Å². The summed E-state index contributed by atoms with van der Waals surface area (Å²) in [5.41, 5.74) is 0. The second-order valence-corrected chi connectivity index (χ2v) is 5.50. The Hall–Kier alpha value is -0.880. The van der Waals surface area contributed by atoms with Crippen LogP contribution in [0.5, 0.6) is 0 Å². The van der Waals surface area contributed by atoms with Gasteiger partial charge in [-0.05, 0) is 35.2 Å². The first-order valence-corrected chi connectivity index (χ1v) is 7.50. The average Bonchev–Trinajstić information content (AvgIpc) is 2.37. The van der Waals surface area contributed by atoms with E-state index in [1.165, 1.54) is 0 Å². The van der Waals surface area contributed by atoms with Gasteiger partial charge in [0, 0.05) is 25.9 Å². The van der Waals surface area contributed by atoms with Crippen LogP contribution in [0.3, 0.4) is 0 Å². The highest BCUT2D eigenvalue weighted by atomic mass is 79.9. The second-order valence-electron chi connectivity index (χ2n) is 4.64. The number of hydrogen-bond donors (Lipinski definition) is 2. The van der Waals surface area contributed by atoms with Crippen LogP contribution in [0.4, 0.5) is 11.8 Å². The zero-order chi connectivity index (χ0) is 14.1. The third-order valence-electron chi connectivity index (χ3n) is 2.46. The van der Waals surface area contributed by atoms with E-state index >= 15 is 0 Å². The number of anilines is 2. The van der Waals surface area contributed by atoms with Crippen LogP contribution in [0.25, 0.3) is 0 Å². The number of halogens is 1. The lowest BCUT2D eigenvalue weighted by molar-refractivity contribution is 0.132. The van der Waals surface area contributed by atoms with Crippen molar-refractivity contribution < 1.29 is 4.74 Å². The number of hydrogen-bond acceptors (Lipinski definition) is 5. The zero-order valence-electron chi connectivity index (χ0n) is 11.9. The molecular weight excluding hydrogens is 308 g/mol. The molecule has 0 saturated carbocycles. The number of nitrogens with zero attached hydrogens (tertiary/aromatic N) is 2. The van der Waals surface area contributed by atoms with E-state index in [4.69, 9.17) is 4.74 Å². The Kier molecular flexibility index (Phi) is 7.74. The fourth-order valence-electron chi connectivity index (χ4n) is 1.40. The molecule has 1 aromatic rings. The molecule has 0 aliphatic heterocycles. The number of rotatable bonds is 9. The highest BCUT2D eigenvalue weighted by Crippen LogP contribution is 2.19. The summed E-state index contributed by atoms with van der Waals surface area (Å²) in [5.74, 6) is 2.11. The molecular formula is C13H23BrN4O. The molecule has 0 unspecified atom stereocenters. The first kappa shape index (κ1) is 16.2. The van der Waals surface area contributed by atoms with E-state index in [-0.39, 0.29) is 0 Å². The summed E-state index contributed by atoms with van der Waals surface area (Å²) in [7, 11) is 0. The molecule has 6 heteroatoms. The molecule has 0 spiro atoms. The highest BCUT2D eigenvalue weighted by Gasteiger charge is 2.03. The predicted octanol–water partition coefficient (Wildman–Crippen LogP) is 3.15. The SMILES string of the molecule is CCNc1ncc(Br)c(NCCOCCC(C)C)n1. The van der Waals surface area contributed by atoms with Crippen molar-refractivity contribution in [2.75, 3.05) is 36.9 Å². The van der Waals surface area contributed by atoms with Crippen LogP contribution in [0.1, 0.15) is 27.2 Å². The van der Waals surface area contributed by atoms with Crippen molar-refractivity contribution in [3.63, 3.8) is 0 Å². The standard InChI is InChI=1S/C13H23BrN4O/c1-4-15-13-17-9-11(14)12(18-13)16-6-8-19-7-5-10(2)3/h9-10H,4-8H2,1-3H3,(H2,15,16,17,18). The monoisotopic (exact) mass is 330 g/mol. The van der Waals surface area contributed by atoms with Crippen molar-refractivity contribution in [2.45, 2.75) is 27.2 Å².